The van der Waals surface area contributed by atoms with Gasteiger partial charge in [0.1, 0.15) is 17.6 Å². The number of rotatable bonds is 5. The Morgan fingerprint density at radius 2 is 1.64 bits per heavy atom. The lowest BCUT2D eigenvalue weighted by Crippen LogP contribution is -2.03. The fourth-order valence-electron chi connectivity index (χ4n) is 2.13. The van der Waals surface area contributed by atoms with Crippen molar-refractivity contribution in [3.05, 3.63) is 81.9 Å². The van der Waals surface area contributed by atoms with E-state index in [0.29, 0.717) is 16.4 Å². The summed E-state index contributed by atoms with van der Waals surface area (Å²) in [5.74, 6) is 1.15. The Kier molecular flexibility index (Phi) is 4.98. The number of benzene rings is 2. The molecule has 0 fully saturated rings. The van der Waals surface area contributed by atoms with Gasteiger partial charge in [-0.1, -0.05) is 36.4 Å². The van der Waals surface area contributed by atoms with E-state index in [-0.39, 0.29) is 9.80 Å². The van der Waals surface area contributed by atoms with Gasteiger partial charge < -0.3 is 4.74 Å². The van der Waals surface area contributed by atoms with Crippen molar-refractivity contribution >= 4 is 27.3 Å². The van der Waals surface area contributed by atoms with Gasteiger partial charge >= 0.3 is 0 Å². The molecule has 0 aliphatic rings. The predicted molar refractivity (Wildman–Crippen MR) is 98.1 cm³/mol. The van der Waals surface area contributed by atoms with Gasteiger partial charge in [-0.2, -0.15) is 5.26 Å². The smallest absolute Gasteiger partial charge is 0.216 e. The van der Waals surface area contributed by atoms with Crippen LogP contribution < -0.4 is 4.74 Å². The number of hydrogen-bond donors (Lipinski definition) is 0. The van der Waals surface area contributed by atoms with Crippen LogP contribution in [-0.2, 0) is 9.84 Å². The van der Waals surface area contributed by atoms with Gasteiger partial charge in [-0.3, -0.25) is 0 Å². The molecule has 0 aliphatic carbocycles. The van der Waals surface area contributed by atoms with Gasteiger partial charge in [0.2, 0.25) is 9.84 Å². The highest BCUT2D eigenvalue weighted by Crippen LogP contribution is 2.33. The van der Waals surface area contributed by atoms with E-state index in [9.17, 15) is 13.7 Å². The number of para-hydroxylation sites is 1. The number of nitrogens with zero attached hydrogens (tertiary/aromatic N) is 1. The fraction of sp³-hybridized carbons (Fsp3) is 0. The normalized spacial score (nSPS) is 11.7. The Labute approximate surface area is 150 Å². The van der Waals surface area contributed by atoms with Crippen molar-refractivity contribution in [2.45, 2.75) is 4.90 Å². The van der Waals surface area contributed by atoms with Crippen molar-refractivity contribution in [2.75, 3.05) is 0 Å². The molecule has 1 heterocycles. The molecule has 0 saturated heterocycles. The Hall–Kier alpha value is -2.88. The van der Waals surface area contributed by atoms with Crippen molar-refractivity contribution in [3.8, 4) is 17.6 Å². The van der Waals surface area contributed by atoms with Gasteiger partial charge in [-0.05, 0) is 41.8 Å². The minimum Gasteiger partial charge on any atom is -0.456 e. The van der Waals surface area contributed by atoms with E-state index < -0.39 is 9.84 Å². The maximum Gasteiger partial charge on any atom is 0.216 e. The minimum atomic E-state index is -3.87. The number of ether oxygens (including phenoxy) is 1. The highest BCUT2D eigenvalue weighted by atomic mass is 32.2. The molecule has 0 atom stereocenters. The molecule has 124 valence electrons. The van der Waals surface area contributed by atoms with Crippen LogP contribution in [0.1, 0.15) is 4.88 Å². The summed E-state index contributed by atoms with van der Waals surface area (Å²) in [5, 5.41) is 11.2. The molecule has 0 bridgehead atoms. The summed E-state index contributed by atoms with van der Waals surface area (Å²) >= 11 is 1.31. The molecule has 0 unspecified atom stereocenters. The van der Waals surface area contributed by atoms with Gasteiger partial charge in [0, 0.05) is 0 Å². The fourth-order valence-corrected chi connectivity index (χ4v) is 4.12. The molecule has 0 amide bonds. The van der Waals surface area contributed by atoms with E-state index in [4.69, 9.17) is 4.74 Å². The molecule has 3 rings (SSSR count). The van der Waals surface area contributed by atoms with Crippen molar-refractivity contribution in [3.63, 3.8) is 0 Å². The van der Waals surface area contributed by atoms with Crippen LogP contribution in [-0.4, -0.2) is 8.42 Å². The summed E-state index contributed by atoms with van der Waals surface area (Å²) in [7, 11) is -3.87. The predicted octanol–water partition coefficient (Wildman–Crippen LogP) is 4.88. The van der Waals surface area contributed by atoms with Gasteiger partial charge in [-0.15, -0.1) is 11.3 Å². The van der Waals surface area contributed by atoms with Crippen LogP contribution in [0.4, 0.5) is 0 Å². The molecule has 0 N–H and O–H groups in total. The largest absolute Gasteiger partial charge is 0.456 e. The van der Waals surface area contributed by atoms with E-state index in [2.05, 4.69) is 0 Å². The molecule has 1 aromatic heterocycles. The second-order valence-electron chi connectivity index (χ2n) is 5.00. The van der Waals surface area contributed by atoms with Gasteiger partial charge in [0.05, 0.1) is 9.77 Å². The van der Waals surface area contributed by atoms with Crippen molar-refractivity contribution in [1.29, 1.82) is 5.26 Å². The summed E-state index contributed by atoms with van der Waals surface area (Å²) in [6.45, 7) is 0. The molecule has 0 saturated carbocycles. The average Bonchev–Trinajstić information content (AvgIpc) is 3.08. The average molecular weight is 367 g/mol. The second kappa shape index (κ2) is 7.34. The molecular weight excluding hydrogens is 354 g/mol. The summed E-state index contributed by atoms with van der Waals surface area (Å²) < 4.78 is 31.0. The number of hydrogen-bond acceptors (Lipinski definition) is 5. The first-order valence-electron chi connectivity index (χ1n) is 7.33. The van der Waals surface area contributed by atoms with E-state index in [1.165, 1.54) is 29.5 Å². The van der Waals surface area contributed by atoms with Crippen LogP contribution in [0.3, 0.4) is 0 Å². The molecule has 2 aromatic carbocycles. The lowest BCUT2D eigenvalue weighted by atomic mass is 10.3. The molecular formula is C19H13NO3S2. The summed E-state index contributed by atoms with van der Waals surface area (Å²) in [5.41, 5.74) is 0. The van der Waals surface area contributed by atoms with Crippen LogP contribution in [0.2, 0.25) is 0 Å². The highest BCUT2D eigenvalue weighted by molar-refractivity contribution is 7.95. The Balaban J connectivity index is 1.97. The molecule has 0 aliphatic heterocycles. The van der Waals surface area contributed by atoms with Gasteiger partial charge in [0.15, 0.2) is 4.91 Å². The van der Waals surface area contributed by atoms with E-state index in [0.717, 1.165) is 0 Å². The SMILES string of the molecule is N#C/C(=C/c1sccc1Oc1ccccc1)S(=O)(=O)c1ccccc1. The third-order valence-corrected chi connectivity index (χ3v) is 5.87. The zero-order chi connectivity index (χ0) is 17.7. The van der Waals surface area contributed by atoms with E-state index >= 15 is 0 Å². The lowest BCUT2D eigenvalue weighted by Gasteiger charge is -2.05. The Morgan fingerprint density at radius 3 is 2.28 bits per heavy atom. The number of allylic oxidation sites excluding steroid dienone is 1. The standard InChI is InChI=1S/C19H13NO3S2/c20-14-17(25(21,22)16-9-5-2-6-10-16)13-19-18(11-12-24-19)23-15-7-3-1-4-8-15/h1-13H/b17-13-. The molecule has 0 spiro atoms. The first-order valence-corrected chi connectivity index (χ1v) is 9.70. The first-order chi connectivity index (χ1) is 12.1. The number of sulfone groups is 1. The van der Waals surface area contributed by atoms with E-state index in [1.54, 1.807) is 47.8 Å². The number of nitriles is 1. The van der Waals surface area contributed by atoms with Crippen LogP contribution in [0, 0.1) is 11.3 Å². The summed E-state index contributed by atoms with van der Waals surface area (Å²) in [6.07, 6.45) is 1.35. The third-order valence-electron chi connectivity index (χ3n) is 3.34. The minimum absolute atomic E-state index is 0.0879. The summed E-state index contributed by atoms with van der Waals surface area (Å²) in [4.78, 5) is 0.337. The van der Waals surface area contributed by atoms with Crippen molar-refractivity contribution in [1.82, 2.24) is 0 Å². The maximum absolute atomic E-state index is 12.6. The Bertz CT molecular complexity index is 1030. The monoisotopic (exact) mass is 367 g/mol. The highest BCUT2D eigenvalue weighted by Gasteiger charge is 2.21. The van der Waals surface area contributed by atoms with Crippen LogP contribution in [0.5, 0.6) is 11.5 Å². The molecule has 6 heteroatoms. The van der Waals surface area contributed by atoms with Crippen LogP contribution in [0.25, 0.3) is 6.08 Å². The quantitative estimate of drug-likeness (QED) is 0.603. The van der Waals surface area contributed by atoms with Gasteiger partial charge in [-0.25, -0.2) is 8.42 Å². The van der Waals surface area contributed by atoms with Crippen LogP contribution in [0.15, 0.2) is 81.9 Å². The van der Waals surface area contributed by atoms with Crippen LogP contribution >= 0.6 is 11.3 Å². The van der Waals surface area contributed by atoms with E-state index in [1.807, 2.05) is 18.2 Å². The second-order valence-corrected chi connectivity index (χ2v) is 7.87. The molecule has 4 nitrogen and oxygen atoms in total. The Morgan fingerprint density at radius 1 is 1.00 bits per heavy atom. The maximum atomic E-state index is 12.6. The molecule has 3 aromatic rings. The summed E-state index contributed by atoms with van der Waals surface area (Å²) in [6, 6.07) is 20.6. The van der Waals surface area contributed by atoms with Gasteiger partial charge in [0.25, 0.3) is 0 Å². The zero-order valence-electron chi connectivity index (χ0n) is 13.0. The third kappa shape index (κ3) is 3.79. The van der Waals surface area contributed by atoms with Crippen molar-refractivity contribution < 1.29 is 13.2 Å². The van der Waals surface area contributed by atoms with Crippen molar-refractivity contribution in [2.24, 2.45) is 0 Å². The molecule has 0 radical (unpaired) electrons. The zero-order valence-corrected chi connectivity index (χ0v) is 14.6. The first kappa shape index (κ1) is 17.0. The topological polar surface area (TPSA) is 67.2 Å². The number of thiophene rings is 1. The molecule has 25 heavy (non-hydrogen) atoms. The lowest BCUT2D eigenvalue weighted by molar-refractivity contribution is 0.484.